The van der Waals surface area contributed by atoms with Crippen LogP contribution >= 0.6 is 0 Å². The second kappa shape index (κ2) is 9.79. The monoisotopic (exact) mass is 463 g/mol. The molecule has 1 amide bonds. The van der Waals surface area contributed by atoms with Crippen LogP contribution in [0.5, 0.6) is 0 Å². The Morgan fingerprint density at radius 1 is 1.12 bits per heavy atom. The molecule has 0 spiro atoms. The number of benzene rings is 1. The van der Waals surface area contributed by atoms with E-state index in [0.717, 1.165) is 19.3 Å². The first-order valence-corrected chi connectivity index (χ1v) is 13.3. The molecule has 2 aliphatic rings. The topological polar surface area (TPSA) is 102 Å². The molecule has 176 valence electrons. The number of oxazole rings is 1. The van der Waals surface area contributed by atoms with Crippen molar-refractivity contribution in [3.05, 3.63) is 28.7 Å². The molecule has 2 aromatic rings. The van der Waals surface area contributed by atoms with Gasteiger partial charge >= 0.3 is 5.76 Å². The molecule has 0 unspecified atom stereocenters. The van der Waals surface area contributed by atoms with Gasteiger partial charge < -0.3 is 9.73 Å². The molecule has 2 heterocycles. The zero-order valence-corrected chi connectivity index (χ0v) is 19.5. The predicted molar refractivity (Wildman–Crippen MR) is 122 cm³/mol. The molecule has 8 nitrogen and oxygen atoms in total. The van der Waals surface area contributed by atoms with Gasteiger partial charge in [-0.15, -0.1) is 0 Å². The highest BCUT2D eigenvalue weighted by atomic mass is 32.2. The summed E-state index contributed by atoms with van der Waals surface area (Å²) in [5, 5.41) is 3.16. The van der Waals surface area contributed by atoms with Gasteiger partial charge in [-0.2, -0.15) is 4.31 Å². The molecular formula is C23H33N3O5S. The van der Waals surface area contributed by atoms with Crippen molar-refractivity contribution < 1.29 is 17.6 Å². The molecule has 1 aliphatic heterocycles. The van der Waals surface area contributed by atoms with E-state index in [1.165, 1.54) is 34.2 Å². The second-order valence-electron chi connectivity index (χ2n) is 9.10. The highest BCUT2D eigenvalue weighted by Crippen LogP contribution is 2.28. The number of amides is 1. The van der Waals surface area contributed by atoms with Crippen molar-refractivity contribution in [2.75, 3.05) is 13.1 Å². The van der Waals surface area contributed by atoms with Crippen LogP contribution in [0.25, 0.3) is 11.1 Å². The maximum absolute atomic E-state index is 13.2. The third-order valence-corrected chi connectivity index (χ3v) is 8.64. The lowest BCUT2D eigenvalue weighted by atomic mass is 9.92. The molecule has 0 atom stereocenters. The normalized spacial score (nSPS) is 19.4. The lowest BCUT2D eigenvalue weighted by Crippen LogP contribution is -2.41. The lowest BCUT2D eigenvalue weighted by molar-refractivity contribution is -0.123. The quantitative estimate of drug-likeness (QED) is 0.679. The zero-order chi connectivity index (χ0) is 22.7. The third kappa shape index (κ3) is 4.93. The number of piperidine rings is 1. The van der Waals surface area contributed by atoms with E-state index >= 15 is 0 Å². The molecule has 4 rings (SSSR count). The van der Waals surface area contributed by atoms with Crippen LogP contribution in [0.3, 0.4) is 0 Å². The summed E-state index contributed by atoms with van der Waals surface area (Å²) in [5.74, 6) is -0.174. The van der Waals surface area contributed by atoms with Crippen LogP contribution in [0.2, 0.25) is 0 Å². The van der Waals surface area contributed by atoms with E-state index in [1.54, 1.807) is 12.1 Å². The van der Waals surface area contributed by atoms with Crippen LogP contribution in [0.1, 0.15) is 64.7 Å². The number of carbonyl (C=O) groups excluding carboxylic acids is 1. The molecule has 1 aliphatic carbocycles. The van der Waals surface area contributed by atoms with Crippen LogP contribution in [0, 0.1) is 5.92 Å². The Balaban J connectivity index is 1.37. The van der Waals surface area contributed by atoms with Crippen molar-refractivity contribution in [3.63, 3.8) is 0 Å². The van der Waals surface area contributed by atoms with Gasteiger partial charge in [-0.05, 0) is 50.2 Å². The minimum atomic E-state index is -3.68. The van der Waals surface area contributed by atoms with Gasteiger partial charge in [0.15, 0.2) is 5.58 Å². The molecule has 0 radical (unpaired) electrons. The molecule has 0 bridgehead atoms. The summed E-state index contributed by atoms with van der Waals surface area (Å²) in [7, 11) is -3.68. The molecule has 1 aromatic carbocycles. The highest BCUT2D eigenvalue weighted by molar-refractivity contribution is 7.89. The maximum Gasteiger partial charge on any atom is 0.419 e. The zero-order valence-electron chi connectivity index (χ0n) is 18.7. The fourth-order valence-electron chi connectivity index (χ4n) is 4.94. The van der Waals surface area contributed by atoms with Gasteiger partial charge in [-0.1, -0.05) is 26.2 Å². The Morgan fingerprint density at radius 3 is 2.53 bits per heavy atom. The molecule has 9 heteroatoms. The first-order chi connectivity index (χ1) is 15.4. The average Bonchev–Trinajstić information content (AvgIpc) is 3.09. The summed E-state index contributed by atoms with van der Waals surface area (Å²) >= 11 is 0. The number of nitrogens with one attached hydrogen (secondary N) is 1. The Bertz CT molecular complexity index is 1110. The molecule has 2 fully saturated rings. The number of carbonyl (C=O) groups is 1. The van der Waals surface area contributed by atoms with Gasteiger partial charge in [0.25, 0.3) is 0 Å². The van der Waals surface area contributed by atoms with E-state index in [4.69, 9.17) is 4.42 Å². The second-order valence-corrected chi connectivity index (χ2v) is 11.0. The van der Waals surface area contributed by atoms with Gasteiger partial charge in [0, 0.05) is 38.2 Å². The van der Waals surface area contributed by atoms with Gasteiger partial charge in [0.05, 0.1) is 10.4 Å². The number of nitrogens with zero attached hydrogens (tertiary/aromatic N) is 2. The number of aryl methyl sites for hydroxylation is 1. The summed E-state index contributed by atoms with van der Waals surface area (Å²) in [6.45, 7) is 3.28. The van der Waals surface area contributed by atoms with Crippen molar-refractivity contribution in [1.29, 1.82) is 0 Å². The summed E-state index contributed by atoms with van der Waals surface area (Å²) < 4.78 is 34.6. The lowest BCUT2D eigenvalue weighted by Gasteiger charge is -2.31. The minimum Gasteiger partial charge on any atom is -0.408 e. The van der Waals surface area contributed by atoms with E-state index in [9.17, 15) is 18.0 Å². The van der Waals surface area contributed by atoms with Crippen LogP contribution in [0.15, 0.2) is 32.3 Å². The van der Waals surface area contributed by atoms with E-state index in [0.29, 0.717) is 56.0 Å². The smallest absolute Gasteiger partial charge is 0.408 e. The number of rotatable bonds is 7. The van der Waals surface area contributed by atoms with E-state index < -0.39 is 15.8 Å². The molecule has 1 saturated carbocycles. The van der Waals surface area contributed by atoms with Crippen molar-refractivity contribution in [3.8, 4) is 0 Å². The maximum atomic E-state index is 13.2. The number of hydrogen-bond acceptors (Lipinski definition) is 5. The van der Waals surface area contributed by atoms with Crippen LogP contribution in [0.4, 0.5) is 0 Å². The fourth-order valence-corrected chi connectivity index (χ4v) is 6.43. The summed E-state index contributed by atoms with van der Waals surface area (Å²) in [6.07, 6.45) is 8.32. The summed E-state index contributed by atoms with van der Waals surface area (Å²) in [5.41, 5.74) is 0.900. The van der Waals surface area contributed by atoms with Crippen molar-refractivity contribution in [2.45, 2.75) is 82.2 Å². The Labute approximate surface area is 189 Å². The SMILES string of the molecule is CCCn1c(=O)oc2cc(S(=O)(=O)N3CCC(CC(=O)NC4CCCCC4)CC3)ccc21. The van der Waals surface area contributed by atoms with Gasteiger partial charge in [0.1, 0.15) is 0 Å². The Morgan fingerprint density at radius 2 is 1.84 bits per heavy atom. The fraction of sp³-hybridized carbons (Fsp3) is 0.652. The number of fused-ring (bicyclic) bond motifs is 1. The van der Waals surface area contributed by atoms with E-state index in [2.05, 4.69) is 5.32 Å². The van der Waals surface area contributed by atoms with Gasteiger partial charge in [0.2, 0.25) is 15.9 Å². The first kappa shape index (κ1) is 23.0. The highest BCUT2D eigenvalue weighted by Gasteiger charge is 2.31. The van der Waals surface area contributed by atoms with Crippen molar-refractivity contribution in [1.82, 2.24) is 14.2 Å². The largest absolute Gasteiger partial charge is 0.419 e. The predicted octanol–water partition coefficient (Wildman–Crippen LogP) is 3.24. The standard InChI is InChI=1S/C23H33N3O5S/c1-2-12-26-20-9-8-19(16-21(20)31-23(26)28)32(29,30)25-13-10-17(11-14-25)15-22(27)24-18-6-4-3-5-7-18/h8-9,16-18H,2-7,10-15H2,1H3,(H,24,27). The minimum absolute atomic E-state index is 0.0929. The Hall–Kier alpha value is -2.13. The molecule has 1 N–H and O–H groups in total. The third-order valence-electron chi connectivity index (χ3n) is 6.74. The van der Waals surface area contributed by atoms with Crippen LogP contribution in [-0.2, 0) is 21.4 Å². The van der Waals surface area contributed by atoms with E-state index in [-0.39, 0.29) is 16.7 Å². The first-order valence-electron chi connectivity index (χ1n) is 11.8. The molecule has 32 heavy (non-hydrogen) atoms. The van der Waals surface area contributed by atoms with Crippen LogP contribution < -0.4 is 11.1 Å². The number of hydrogen-bond donors (Lipinski definition) is 1. The summed E-state index contributed by atoms with van der Waals surface area (Å²) in [6, 6.07) is 4.94. The number of sulfonamides is 1. The Kier molecular flexibility index (Phi) is 7.05. The van der Waals surface area contributed by atoms with Crippen LogP contribution in [-0.4, -0.2) is 42.3 Å². The number of aromatic nitrogens is 1. The molecule has 1 aromatic heterocycles. The van der Waals surface area contributed by atoms with E-state index in [1.807, 2.05) is 6.92 Å². The summed E-state index contributed by atoms with van der Waals surface area (Å²) in [4.78, 5) is 24.6. The van der Waals surface area contributed by atoms with Gasteiger partial charge in [-0.25, -0.2) is 13.2 Å². The molecular weight excluding hydrogens is 430 g/mol. The van der Waals surface area contributed by atoms with Crippen molar-refractivity contribution >= 4 is 27.0 Å². The van der Waals surface area contributed by atoms with Gasteiger partial charge in [-0.3, -0.25) is 9.36 Å². The molecule has 1 saturated heterocycles. The average molecular weight is 464 g/mol. The van der Waals surface area contributed by atoms with Crippen molar-refractivity contribution in [2.24, 2.45) is 5.92 Å².